The van der Waals surface area contributed by atoms with E-state index in [4.69, 9.17) is 4.43 Å². The molecule has 0 spiro atoms. The predicted octanol–water partition coefficient (Wildman–Crippen LogP) is 5.05. The second-order valence-electron chi connectivity index (χ2n) is 7.21. The van der Waals surface area contributed by atoms with Crippen molar-refractivity contribution in [2.24, 2.45) is 0 Å². The minimum absolute atomic E-state index is 0.290. The van der Waals surface area contributed by atoms with Crippen LogP contribution in [0.1, 0.15) is 27.2 Å². The van der Waals surface area contributed by atoms with Crippen LogP contribution in [0.15, 0.2) is 28.7 Å². The lowest BCUT2D eigenvalue weighted by Gasteiger charge is -2.38. The molecule has 1 aromatic rings. The van der Waals surface area contributed by atoms with Gasteiger partial charge >= 0.3 is 0 Å². The maximum Gasteiger partial charge on any atom is 0.192 e. The van der Waals surface area contributed by atoms with E-state index in [1.165, 1.54) is 5.69 Å². The lowest BCUT2D eigenvalue weighted by Crippen LogP contribution is -2.44. The van der Waals surface area contributed by atoms with Crippen molar-refractivity contribution in [1.29, 1.82) is 0 Å². The summed E-state index contributed by atoms with van der Waals surface area (Å²) in [5.41, 5.74) is 1.30. The quantitative estimate of drug-likeness (QED) is 0.703. The Balaban J connectivity index is 1.98. The molecule has 0 unspecified atom stereocenters. The largest absolute Gasteiger partial charge is 0.412 e. The number of hydrogen-bond donors (Lipinski definition) is 0. The molecule has 4 heteroatoms. The first-order valence-electron chi connectivity index (χ1n) is 7.37. The Morgan fingerprint density at radius 3 is 2.35 bits per heavy atom. The molecular weight excluding hydrogens is 330 g/mol. The number of nitrogens with zero attached hydrogens (tertiary/aromatic N) is 1. The standard InChI is InChI=1S/C16H26BrNOSi/c1-16(2,3)20(4,5)19-15-10-11-18(12-15)14-8-6-13(17)7-9-14/h6-9,15H,10-12H2,1-5H3/t15-/m1/s1. The normalized spacial score (nSPS) is 20.5. The van der Waals surface area contributed by atoms with Gasteiger partial charge in [0.2, 0.25) is 0 Å². The zero-order chi connectivity index (χ0) is 15.0. The highest BCUT2D eigenvalue weighted by molar-refractivity contribution is 9.10. The van der Waals surface area contributed by atoms with Crippen molar-refractivity contribution >= 4 is 29.9 Å². The van der Waals surface area contributed by atoms with Crippen LogP contribution in [-0.2, 0) is 4.43 Å². The fourth-order valence-corrected chi connectivity index (χ4v) is 3.95. The molecule has 2 rings (SSSR count). The molecule has 0 saturated carbocycles. The second-order valence-corrected chi connectivity index (χ2v) is 12.9. The fourth-order valence-electron chi connectivity index (χ4n) is 2.30. The van der Waals surface area contributed by atoms with Gasteiger partial charge in [0.25, 0.3) is 0 Å². The third-order valence-electron chi connectivity index (χ3n) is 4.60. The van der Waals surface area contributed by atoms with E-state index < -0.39 is 8.32 Å². The molecular formula is C16H26BrNOSi. The van der Waals surface area contributed by atoms with Gasteiger partial charge in [-0.15, -0.1) is 0 Å². The van der Waals surface area contributed by atoms with Crippen molar-refractivity contribution in [3.8, 4) is 0 Å². The van der Waals surface area contributed by atoms with E-state index >= 15 is 0 Å². The van der Waals surface area contributed by atoms with Crippen LogP contribution >= 0.6 is 15.9 Å². The smallest absolute Gasteiger partial charge is 0.192 e. The Bertz CT molecular complexity index is 453. The first-order chi connectivity index (χ1) is 9.19. The molecule has 112 valence electrons. The van der Waals surface area contributed by atoms with E-state index in [-0.39, 0.29) is 5.04 Å². The molecule has 0 amide bonds. The Kier molecular flexibility index (Phi) is 4.67. The summed E-state index contributed by atoms with van der Waals surface area (Å²) in [6.07, 6.45) is 1.53. The fraction of sp³-hybridized carbons (Fsp3) is 0.625. The minimum atomic E-state index is -1.64. The van der Waals surface area contributed by atoms with Gasteiger partial charge in [-0.2, -0.15) is 0 Å². The monoisotopic (exact) mass is 355 g/mol. The highest BCUT2D eigenvalue weighted by Gasteiger charge is 2.40. The van der Waals surface area contributed by atoms with Crippen LogP contribution < -0.4 is 4.90 Å². The Morgan fingerprint density at radius 1 is 1.20 bits per heavy atom. The Labute approximate surface area is 132 Å². The van der Waals surface area contributed by atoms with Gasteiger partial charge in [-0.25, -0.2) is 0 Å². The summed E-state index contributed by atoms with van der Waals surface area (Å²) in [5.74, 6) is 0. The number of hydrogen-bond acceptors (Lipinski definition) is 2. The zero-order valence-corrected chi connectivity index (χ0v) is 15.8. The van der Waals surface area contributed by atoms with E-state index in [0.29, 0.717) is 6.10 Å². The highest BCUT2D eigenvalue weighted by atomic mass is 79.9. The van der Waals surface area contributed by atoms with Gasteiger partial charge < -0.3 is 9.33 Å². The summed E-state index contributed by atoms with van der Waals surface area (Å²) in [5, 5.41) is 0.290. The van der Waals surface area contributed by atoms with Gasteiger partial charge in [0, 0.05) is 23.2 Å². The molecule has 1 aliphatic rings. The molecule has 0 aromatic heterocycles. The first kappa shape index (κ1) is 16.1. The highest BCUT2D eigenvalue weighted by Crippen LogP contribution is 2.38. The zero-order valence-electron chi connectivity index (χ0n) is 13.2. The molecule has 1 saturated heterocycles. The lowest BCUT2D eigenvalue weighted by molar-refractivity contribution is 0.202. The molecule has 0 aliphatic carbocycles. The first-order valence-corrected chi connectivity index (χ1v) is 11.1. The number of anilines is 1. The van der Waals surface area contributed by atoms with Crippen LogP contribution in [0, 0.1) is 0 Å². The molecule has 20 heavy (non-hydrogen) atoms. The summed E-state index contributed by atoms with van der Waals surface area (Å²) < 4.78 is 7.66. The number of halogens is 1. The van der Waals surface area contributed by atoms with Gasteiger partial charge in [0.05, 0.1) is 6.10 Å². The molecule has 1 atom stereocenters. The molecule has 0 bridgehead atoms. The Morgan fingerprint density at radius 2 is 1.80 bits per heavy atom. The second kappa shape index (κ2) is 5.82. The van der Waals surface area contributed by atoms with Crippen molar-refractivity contribution in [2.45, 2.75) is 51.4 Å². The van der Waals surface area contributed by atoms with Crippen molar-refractivity contribution in [3.63, 3.8) is 0 Å². The van der Waals surface area contributed by atoms with Crippen LogP contribution in [0.3, 0.4) is 0 Å². The molecule has 1 heterocycles. The maximum absolute atomic E-state index is 6.53. The lowest BCUT2D eigenvalue weighted by atomic mass is 10.2. The number of benzene rings is 1. The Hall–Kier alpha value is -0.323. The van der Waals surface area contributed by atoms with E-state index in [2.05, 4.69) is 79.0 Å². The molecule has 2 nitrogen and oxygen atoms in total. The topological polar surface area (TPSA) is 12.5 Å². The summed E-state index contributed by atoms with van der Waals surface area (Å²) in [4.78, 5) is 2.43. The van der Waals surface area contributed by atoms with Crippen LogP contribution in [0.4, 0.5) is 5.69 Å². The van der Waals surface area contributed by atoms with Crippen molar-refractivity contribution in [2.75, 3.05) is 18.0 Å². The average Bonchev–Trinajstić information content (AvgIpc) is 2.76. The predicted molar refractivity (Wildman–Crippen MR) is 93.0 cm³/mol. The molecule has 1 fully saturated rings. The average molecular weight is 356 g/mol. The summed E-state index contributed by atoms with van der Waals surface area (Å²) in [6.45, 7) is 13.7. The van der Waals surface area contributed by atoms with Gasteiger partial charge in [-0.3, -0.25) is 0 Å². The summed E-state index contributed by atoms with van der Waals surface area (Å²) in [6, 6.07) is 8.58. The third kappa shape index (κ3) is 3.65. The van der Waals surface area contributed by atoms with Crippen LogP contribution in [0.2, 0.25) is 18.1 Å². The third-order valence-corrected chi connectivity index (χ3v) is 9.67. The van der Waals surface area contributed by atoms with Crippen LogP contribution in [0.25, 0.3) is 0 Å². The van der Waals surface area contributed by atoms with Gasteiger partial charge in [-0.1, -0.05) is 36.7 Å². The van der Waals surface area contributed by atoms with Gasteiger partial charge in [-0.05, 0) is 48.8 Å². The van der Waals surface area contributed by atoms with Crippen LogP contribution in [0.5, 0.6) is 0 Å². The van der Waals surface area contributed by atoms with Gasteiger partial charge in [0.15, 0.2) is 8.32 Å². The molecule has 0 radical (unpaired) electrons. The van der Waals surface area contributed by atoms with Crippen molar-refractivity contribution in [3.05, 3.63) is 28.7 Å². The van der Waals surface area contributed by atoms with E-state index in [9.17, 15) is 0 Å². The summed E-state index contributed by atoms with van der Waals surface area (Å²) in [7, 11) is -1.64. The van der Waals surface area contributed by atoms with E-state index in [0.717, 1.165) is 24.0 Å². The molecule has 1 aliphatic heterocycles. The SMILES string of the molecule is CC(C)(C)[Si](C)(C)O[C@@H]1CCN(c2ccc(Br)cc2)C1. The van der Waals surface area contributed by atoms with Crippen molar-refractivity contribution < 1.29 is 4.43 Å². The van der Waals surface area contributed by atoms with Gasteiger partial charge in [0.1, 0.15) is 0 Å². The van der Waals surface area contributed by atoms with Crippen molar-refractivity contribution in [1.82, 2.24) is 0 Å². The number of rotatable bonds is 3. The van der Waals surface area contributed by atoms with E-state index in [1.54, 1.807) is 0 Å². The maximum atomic E-state index is 6.53. The summed E-state index contributed by atoms with van der Waals surface area (Å²) >= 11 is 3.49. The molecule has 0 N–H and O–H groups in total. The van der Waals surface area contributed by atoms with E-state index in [1.807, 2.05) is 0 Å². The van der Waals surface area contributed by atoms with Crippen LogP contribution in [-0.4, -0.2) is 27.5 Å². The minimum Gasteiger partial charge on any atom is -0.412 e. The molecule has 1 aromatic carbocycles.